The number of rotatable bonds is 7. The highest BCUT2D eigenvalue weighted by atomic mass is 32.2. The fourth-order valence-corrected chi connectivity index (χ4v) is 4.56. The summed E-state index contributed by atoms with van der Waals surface area (Å²) < 4.78 is 9.43. The average Bonchev–Trinajstić information content (AvgIpc) is 3.41. The number of hydrogen-bond donors (Lipinski definition) is 0. The van der Waals surface area contributed by atoms with Crippen LogP contribution < -0.4 is 0 Å². The molecule has 0 radical (unpaired) electrons. The van der Waals surface area contributed by atoms with E-state index >= 15 is 0 Å². The molecule has 0 bridgehead atoms. The standard InChI is InChI=1S/C23H24N4O2S/c1-15-8-16(2)10-19(9-15)27-17(3)11-21(18(27)4)22(28)13-30-23-25-24-14-26(23)12-20-6-5-7-29-20/h5-11,14H,12-13H2,1-4H3. The number of ketones is 1. The molecular weight excluding hydrogens is 396 g/mol. The van der Waals surface area contributed by atoms with Crippen LogP contribution in [0.5, 0.6) is 0 Å². The quantitative estimate of drug-likeness (QED) is 0.314. The summed E-state index contributed by atoms with van der Waals surface area (Å²) in [4.78, 5) is 13.0. The van der Waals surface area contributed by atoms with Crippen molar-refractivity contribution in [3.63, 3.8) is 0 Å². The van der Waals surface area contributed by atoms with E-state index in [4.69, 9.17) is 4.42 Å². The summed E-state index contributed by atoms with van der Waals surface area (Å²) in [5, 5.41) is 8.83. The second-order valence-corrected chi connectivity index (χ2v) is 8.44. The Kier molecular flexibility index (Phi) is 5.63. The number of carbonyl (C=O) groups excluding carboxylic acids is 1. The largest absolute Gasteiger partial charge is 0.467 e. The fraction of sp³-hybridized carbons (Fsp3) is 0.261. The van der Waals surface area contributed by atoms with Crippen LogP contribution in [0.4, 0.5) is 0 Å². The van der Waals surface area contributed by atoms with Crippen molar-refractivity contribution in [1.29, 1.82) is 0 Å². The highest BCUT2D eigenvalue weighted by Crippen LogP contribution is 2.25. The number of furan rings is 1. The van der Waals surface area contributed by atoms with E-state index in [-0.39, 0.29) is 5.78 Å². The van der Waals surface area contributed by atoms with Gasteiger partial charge in [0.15, 0.2) is 10.9 Å². The number of nitrogens with zero attached hydrogens (tertiary/aromatic N) is 4. The molecule has 6 nitrogen and oxygen atoms in total. The van der Waals surface area contributed by atoms with Gasteiger partial charge in [0.25, 0.3) is 0 Å². The van der Waals surface area contributed by atoms with Crippen molar-refractivity contribution in [2.45, 2.75) is 39.4 Å². The first-order chi connectivity index (χ1) is 14.4. The molecular formula is C23H24N4O2S. The van der Waals surface area contributed by atoms with Crippen LogP contribution >= 0.6 is 11.8 Å². The summed E-state index contributed by atoms with van der Waals surface area (Å²) in [5.41, 5.74) is 6.25. The number of aryl methyl sites for hydroxylation is 3. The van der Waals surface area contributed by atoms with Crippen LogP contribution in [-0.2, 0) is 6.54 Å². The highest BCUT2D eigenvalue weighted by molar-refractivity contribution is 7.99. The van der Waals surface area contributed by atoms with E-state index in [0.29, 0.717) is 17.5 Å². The zero-order chi connectivity index (χ0) is 21.3. The van der Waals surface area contributed by atoms with Crippen molar-refractivity contribution in [2.24, 2.45) is 0 Å². The van der Waals surface area contributed by atoms with Crippen molar-refractivity contribution in [3.8, 4) is 5.69 Å². The number of aromatic nitrogens is 4. The lowest BCUT2D eigenvalue weighted by atomic mass is 10.1. The molecule has 0 fully saturated rings. The summed E-state index contributed by atoms with van der Waals surface area (Å²) in [6, 6.07) is 12.2. The molecule has 0 aliphatic carbocycles. The zero-order valence-corrected chi connectivity index (χ0v) is 18.4. The molecule has 154 valence electrons. The summed E-state index contributed by atoms with van der Waals surface area (Å²) >= 11 is 1.39. The van der Waals surface area contributed by atoms with Gasteiger partial charge >= 0.3 is 0 Å². The van der Waals surface area contributed by atoms with Crippen LogP contribution in [0.3, 0.4) is 0 Å². The van der Waals surface area contributed by atoms with Gasteiger partial charge in [-0.2, -0.15) is 0 Å². The summed E-state index contributed by atoms with van der Waals surface area (Å²) in [6.45, 7) is 8.76. The van der Waals surface area contributed by atoms with Gasteiger partial charge in [-0.3, -0.25) is 4.79 Å². The van der Waals surface area contributed by atoms with Crippen LogP contribution in [0, 0.1) is 27.7 Å². The molecule has 0 N–H and O–H groups in total. The van der Waals surface area contributed by atoms with E-state index in [0.717, 1.165) is 28.4 Å². The number of benzene rings is 1. The minimum Gasteiger partial charge on any atom is -0.467 e. The van der Waals surface area contributed by atoms with E-state index in [2.05, 4.69) is 46.8 Å². The maximum Gasteiger partial charge on any atom is 0.191 e. The van der Waals surface area contributed by atoms with Gasteiger partial charge in [0.1, 0.15) is 12.1 Å². The van der Waals surface area contributed by atoms with Gasteiger partial charge in [-0.25, -0.2) is 0 Å². The topological polar surface area (TPSA) is 65.8 Å². The van der Waals surface area contributed by atoms with E-state index < -0.39 is 0 Å². The van der Waals surface area contributed by atoms with E-state index in [1.54, 1.807) is 12.6 Å². The highest BCUT2D eigenvalue weighted by Gasteiger charge is 2.18. The van der Waals surface area contributed by atoms with Gasteiger partial charge in [-0.1, -0.05) is 17.8 Å². The average molecular weight is 421 g/mol. The van der Waals surface area contributed by atoms with Crippen molar-refractivity contribution < 1.29 is 9.21 Å². The second kappa shape index (κ2) is 8.36. The number of carbonyl (C=O) groups is 1. The summed E-state index contributed by atoms with van der Waals surface area (Å²) in [6.07, 6.45) is 3.29. The third-order valence-electron chi connectivity index (χ3n) is 5.01. The van der Waals surface area contributed by atoms with Gasteiger partial charge in [0.05, 0.1) is 18.6 Å². The third-order valence-corrected chi connectivity index (χ3v) is 6.00. The molecule has 0 aliphatic heterocycles. The number of thioether (sulfide) groups is 1. The first-order valence-corrected chi connectivity index (χ1v) is 10.7. The lowest BCUT2D eigenvalue weighted by Gasteiger charge is -2.12. The van der Waals surface area contributed by atoms with Crippen LogP contribution in [0.25, 0.3) is 5.69 Å². The first-order valence-electron chi connectivity index (χ1n) is 9.76. The van der Waals surface area contributed by atoms with Crippen LogP contribution in [-0.4, -0.2) is 30.9 Å². The minimum absolute atomic E-state index is 0.0799. The Balaban J connectivity index is 1.52. The lowest BCUT2D eigenvalue weighted by Crippen LogP contribution is -2.07. The number of hydrogen-bond acceptors (Lipinski definition) is 5. The first kappa shape index (κ1) is 20.2. The molecule has 0 unspecified atom stereocenters. The molecule has 0 spiro atoms. The normalized spacial score (nSPS) is 11.2. The van der Waals surface area contributed by atoms with E-state index in [9.17, 15) is 4.79 Å². The molecule has 0 saturated heterocycles. The maximum absolute atomic E-state index is 13.0. The summed E-state index contributed by atoms with van der Waals surface area (Å²) in [7, 11) is 0. The molecule has 0 amide bonds. The van der Waals surface area contributed by atoms with Crippen molar-refractivity contribution >= 4 is 17.5 Å². The molecule has 0 atom stereocenters. The van der Waals surface area contributed by atoms with Gasteiger partial charge in [-0.15, -0.1) is 10.2 Å². The van der Waals surface area contributed by atoms with Gasteiger partial charge in [-0.05, 0) is 69.2 Å². The molecule has 3 heterocycles. The third kappa shape index (κ3) is 4.11. The van der Waals surface area contributed by atoms with Gasteiger partial charge < -0.3 is 13.6 Å². The molecule has 4 rings (SSSR count). The molecule has 1 aromatic carbocycles. The lowest BCUT2D eigenvalue weighted by molar-refractivity contribution is 0.102. The van der Waals surface area contributed by atoms with Gasteiger partial charge in [0, 0.05) is 22.6 Å². The SMILES string of the molecule is Cc1cc(C)cc(-n2c(C)cc(C(=O)CSc3nncn3Cc3ccco3)c2C)c1. The molecule has 0 aliphatic rings. The smallest absolute Gasteiger partial charge is 0.191 e. The zero-order valence-electron chi connectivity index (χ0n) is 17.5. The van der Waals surface area contributed by atoms with Crippen molar-refractivity contribution in [2.75, 3.05) is 5.75 Å². The van der Waals surface area contributed by atoms with Gasteiger partial charge in [0.2, 0.25) is 0 Å². The monoisotopic (exact) mass is 420 g/mol. The van der Waals surface area contributed by atoms with E-state index in [1.165, 1.54) is 22.9 Å². The predicted molar refractivity (Wildman–Crippen MR) is 118 cm³/mol. The summed E-state index contributed by atoms with van der Waals surface area (Å²) in [5.74, 6) is 1.20. The Morgan fingerprint density at radius 2 is 1.87 bits per heavy atom. The number of Topliss-reactive ketones (excluding diaryl/α,β-unsaturated/α-hetero) is 1. The van der Waals surface area contributed by atoms with Crippen molar-refractivity contribution in [1.82, 2.24) is 19.3 Å². The van der Waals surface area contributed by atoms with Crippen LogP contribution in [0.15, 0.2) is 58.6 Å². The molecule has 3 aromatic heterocycles. The fourth-order valence-electron chi connectivity index (χ4n) is 3.77. The molecule has 0 saturated carbocycles. The molecule has 7 heteroatoms. The molecule has 4 aromatic rings. The van der Waals surface area contributed by atoms with E-state index in [1.807, 2.05) is 36.6 Å². The second-order valence-electron chi connectivity index (χ2n) is 7.50. The predicted octanol–water partition coefficient (Wildman–Crippen LogP) is 4.92. The minimum atomic E-state index is 0.0799. The molecule has 30 heavy (non-hydrogen) atoms. The Morgan fingerprint density at radius 1 is 1.10 bits per heavy atom. The Bertz CT molecular complexity index is 1170. The van der Waals surface area contributed by atoms with Crippen LogP contribution in [0.2, 0.25) is 0 Å². The Labute approximate surface area is 179 Å². The van der Waals surface area contributed by atoms with Crippen LogP contribution in [0.1, 0.15) is 38.6 Å². The Hall–Kier alpha value is -3.06. The maximum atomic E-state index is 13.0. The Morgan fingerprint density at radius 3 is 2.57 bits per heavy atom. The van der Waals surface area contributed by atoms with Crippen molar-refractivity contribution in [3.05, 3.63) is 82.8 Å².